The maximum atomic E-state index is 17.5. The molecule has 0 heterocycles. The highest BCUT2D eigenvalue weighted by molar-refractivity contribution is 6.02. The maximum Gasteiger partial charge on any atom is 0.196 e. The summed E-state index contributed by atoms with van der Waals surface area (Å²) >= 11 is 0. The molecule has 0 aromatic heterocycles. The zero-order valence-corrected chi connectivity index (χ0v) is 33.1. The standard InChI is InChI=1S/C44H56F2O10/c1-23(35(51)41(53)17-13-29-31-9-7-25-19-27(47)11-15-37(25,3)43(31,45)33(49)21-39(29,41)5)55-56-24(2)36(52)42(54)18-14-30-32-10-8-26-20-28(48)12-16-38(26,4)44(32,46)34(50)22-40(30,42)6/h11-12,15-16,19-20,23-24,29-34,49-50,53-54H,7-10,13-14,17-18,21-22H2,1-6H3. The summed E-state index contributed by atoms with van der Waals surface area (Å²) in [4.78, 5) is 63.8. The highest BCUT2D eigenvalue weighted by Crippen LogP contribution is 2.71. The Morgan fingerprint density at radius 3 is 1.38 bits per heavy atom. The molecule has 0 spiro atoms. The van der Waals surface area contributed by atoms with Crippen LogP contribution in [0.25, 0.3) is 0 Å². The first-order valence-electron chi connectivity index (χ1n) is 20.5. The Morgan fingerprint density at radius 2 is 1.02 bits per heavy atom. The summed E-state index contributed by atoms with van der Waals surface area (Å²) in [6.07, 6.45) is 4.68. The SMILES string of the molecule is CC(OOC(C)C(=O)C1(O)CCC2C3CCC4=CC(=O)C=CC4(C)C3(F)C(O)CC21C)C(=O)C1(O)CCC2C3CCC4=CC(=O)C=CC4(C)C3(F)C(O)CC21C. The fourth-order valence-electron chi connectivity index (χ4n) is 14.2. The Hall–Kier alpha value is -2.74. The number of rotatable bonds is 7. The lowest BCUT2D eigenvalue weighted by Crippen LogP contribution is -2.69. The number of Topliss-reactive ketones (excluding diaryl/α,β-unsaturated/α-hetero) is 2. The number of hydrogen-bond donors (Lipinski definition) is 4. The molecule has 0 amide bonds. The van der Waals surface area contributed by atoms with E-state index in [-0.39, 0.29) is 37.2 Å². The summed E-state index contributed by atoms with van der Waals surface area (Å²) in [5.74, 6) is -4.22. The lowest BCUT2D eigenvalue weighted by molar-refractivity contribution is -0.335. The summed E-state index contributed by atoms with van der Waals surface area (Å²) in [7, 11) is 0. The van der Waals surface area contributed by atoms with Crippen molar-refractivity contribution in [3.8, 4) is 0 Å². The molecule has 4 N–H and O–H groups in total. The van der Waals surface area contributed by atoms with E-state index < -0.39 is 104 Å². The van der Waals surface area contributed by atoms with Crippen molar-refractivity contribution >= 4 is 23.1 Å². The minimum atomic E-state index is -2.12. The van der Waals surface area contributed by atoms with Crippen LogP contribution in [-0.2, 0) is 29.0 Å². The van der Waals surface area contributed by atoms with Crippen molar-refractivity contribution in [1.82, 2.24) is 0 Å². The van der Waals surface area contributed by atoms with Crippen LogP contribution in [0.4, 0.5) is 8.78 Å². The minimum absolute atomic E-state index is 0.00367. The predicted molar refractivity (Wildman–Crippen MR) is 198 cm³/mol. The van der Waals surface area contributed by atoms with E-state index in [1.54, 1.807) is 39.8 Å². The molecule has 56 heavy (non-hydrogen) atoms. The number of fused-ring (bicyclic) bond motifs is 10. The van der Waals surface area contributed by atoms with Gasteiger partial charge in [-0.25, -0.2) is 18.6 Å². The Kier molecular flexibility index (Phi) is 8.87. The molecule has 16 unspecified atom stereocenters. The van der Waals surface area contributed by atoms with E-state index in [0.29, 0.717) is 49.7 Å². The lowest BCUT2D eigenvalue weighted by Gasteiger charge is -2.62. The van der Waals surface area contributed by atoms with E-state index in [0.717, 1.165) is 0 Å². The average molecular weight is 783 g/mol. The monoisotopic (exact) mass is 782 g/mol. The summed E-state index contributed by atoms with van der Waals surface area (Å²) < 4.78 is 35.0. The van der Waals surface area contributed by atoms with Crippen LogP contribution in [0.15, 0.2) is 47.6 Å². The van der Waals surface area contributed by atoms with E-state index in [1.165, 1.54) is 38.2 Å². The molecule has 306 valence electrons. The van der Waals surface area contributed by atoms with E-state index in [2.05, 4.69) is 0 Å². The van der Waals surface area contributed by atoms with Crippen LogP contribution in [0, 0.1) is 45.3 Å². The van der Waals surface area contributed by atoms with Gasteiger partial charge in [0.2, 0.25) is 0 Å². The number of carbonyl (C=O) groups excluding carboxylic acids is 4. The summed E-state index contributed by atoms with van der Waals surface area (Å²) in [5.41, 5.74) is -11.9. The molecule has 12 heteroatoms. The zero-order chi connectivity index (χ0) is 40.8. The third kappa shape index (κ3) is 4.68. The van der Waals surface area contributed by atoms with E-state index in [4.69, 9.17) is 9.78 Å². The summed E-state index contributed by atoms with van der Waals surface area (Å²) in [5, 5.41) is 47.7. The molecule has 8 aliphatic rings. The van der Waals surface area contributed by atoms with Crippen LogP contribution >= 0.6 is 0 Å². The van der Waals surface area contributed by atoms with Crippen LogP contribution in [0.5, 0.6) is 0 Å². The molecular weight excluding hydrogens is 726 g/mol. The molecule has 6 fully saturated rings. The van der Waals surface area contributed by atoms with Gasteiger partial charge in [0.1, 0.15) is 11.2 Å². The fraction of sp³-hybridized carbons (Fsp3) is 0.727. The van der Waals surface area contributed by atoms with Crippen LogP contribution < -0.4 is 0 Å². The number of aliphatic hydroxyl groups is 4. The number of allylic oxidation sites excluding steroid dienone is 8. The Balaban J connectivity index is 0.965. The van der Waals surface area contributed by atoms with Crippen molar-refractivity contribution in [3.63, 3.8) is 0 Å². The van der Waals surface area contributed by atoms with Crippen LogP contribution in [0.1, 0.15) is 106 Å². The molecule has 0 radical (unpaired) electrons. The third-order valence-electron chi connectivity index (χ3n) is 17.5. The van der Waals surface area contributed by atoms with Gasteiger partial charge in [-0.2, -0.15) is 0 Å². The summed E-state index contributed by atoms with van der Waals surface area (Å²) in [6.45, 7) is 9.60. The first kappa shape index (κ1) is 40.1. The number of ketones is 4. The average Bonchev–Trinajstić information content (AvgIpc) is 3.57. The number of aliphatic hydroxyl groups excluding tert-OH is 2. The van der Waals surface area contributed by atoms with Gasteiger partial charge >= 0.3 is 0 Å². The van der Waals surface area contributed by atoms with Gasteiger partial charge in [-0.1, -0.05) is 37.1 Å². The zero-order valence-electron chi connectivity index (χ0n) is 33.1. The lowest BCUT2D eigenvalue weighted by atomic mass is 9.44. The third-order valence-corrected chi connectivity index (χ3v) is 17.5. The smallest absolute Gasteiger partial charge is 0.196 e. The Labute approximate surface area is 326 Å². The summed E-state index contributed by atoms with van der Waals surface area (Å²) in [6, 6.07) is 0. The van der Waals surface area contributed by atoms with Crippen molar-refractivity contribution in [3.05, 3.63) is 47.6 Å². The first-order chi connectivity index (χ1) is 26.0. The molecule has 0 aromatic carbocycles. The van der Waals surface area contributed by atoms with Crippen molar-refractivity contribution in [2.75, 3.05) is 0 Å². The van der Waals surface area contributed by atoms with Crippen molar-refractivity contribution in [1.29, 1.82) is 0 Å². The predicted octanol–water partition coefficient (Wildman–Crippen LogP) is 5.05. The van der Waals surface area contributed by atoms with Crippen molar-refractivity contribution in [2.24, 2.45) is 45.3 Å². The molecule has 6 saturated carbocycles. The quantitative estimate of drug-likeness (QED) is 0.203. The Bertz CT molecular complexity index is 1770. The fourth-order valence-corrected chi connectivity index (χ4v) is 14.2. The van der Waals surface area contributed by atoms with Gasteiger partial charge in [0.05, 0.1) is 12.2 Å². The highest BCUT2D eigenvalue weighted by Gasteiger charge is 2.76. The second-order valence-electron chi connectivity index (χ2n) is 19.5. The highest BCUT2D eigenvalue weighted by atomic mass is 19.1. The minimum Gasteiger partial charge on any atom is -0.390 e. The second-order valence-corrected chi connectivity index (χ2v) is 19.5. The van der Waals surface area contributed by atoms with E-state index in [1.807, 2.05) is 0 Å². The number of halogens is 2. The molecule has 10 nitrogen and oxygen atoms in total. The van der Waals surface area contributed by atoms with Gasteiger partial charge in [-0.3, -0.25) is 19.2 Å². The molecule has 0 aromatic rings. The normalized spacial score (nSPS) is 51.4. The van der Waals surface area contributed by atoms with Gasteiger partial charge in [0.25, 0.3) is 0 Å². The van der Waals surface area contributed by atoms with Gasteiger partial charge in [-0.05, 0) is 128 Å². The van der Waals surface area contributed by atoms with Gasteiger partial charge < -0.3 is 20.4 Å². The first-order valence-corrected chi connectivity index (χ1v) is 20.5. The molecule has 0 saturated heterocycles. The number of hydrogen-bond acceptors (Lipinski definition) is 10. The van der Waals surface area contributed by atoms with Gasteiger partial charge in [-0.15, -0.1) is 0 Å². The van der Waals surface area contributed by atoms with Gasteiger partial charge in [0, 0.05) is 33.5 Å². The number of carbonyl (C=O) groups is 4. The van der Waals surface area contributed by atoms with E-state index >= 15 is 8.78 Å². The van der Waals surface area contributed by atoms with Crippen LogP contribution in [0.2, 0.25) is 0 Å². The molecule has 8 rings (SSSR count). The topological polar surface area (TPSA) is 168 Å². The second kappa shape index (κ2) is 12.4. The van der Waals surface area contributed by atoms with Crippen molar-refractivity contribution < 1.29 is 58.2 Å². The Morgan fingerprint density at radius 1 is 0.661 bits per heavy atom. The molecular formula is C44H56F2O10. The molecule has 16 atom stereocenters. The number of alkyl halides is 2. The molecule has 8 aliphatic carbocycles. The van der Waals surface area contributed by atoms with Crippen LogP contribution in [-0.4, -0.2) is 90.5 Å². The van der Waals surface area contributed by atoms with E-state index in [9.17, 15) is 39.6 Å². The maximum absolute atomic E-state index is 17.5. The molecule has 0 bridgehead atoms. The van der Waals surface area contributed by atoms with Crippen LogP contribution in [0.3, 0.4) is 0 Å². The van der Waals surface area contributed by atoms with Gasteiger partial charge in [0.15, 0.2) is 46.7 Å². The molecule has 0 aliphatic heterocycles. The largest absolute Gasteiger partial charge is 0.390 e. The van der Waals surface area contributed by atoms with Crippen molar-refractivity contribution in [2.45, 2.75) is 153 Å².